The molecule has 0 amide bonds. The monoisotopic (exact) mass is 299 g/mol. The van der Waals surface area contributed by atoms with Crippen LogP contribution in [0, 0.1) is 0 Å². The molecule has 0 aliphatic rings. The lowest BCUT2D eigenvalue weighted by Crippen LogP contribution is -2.42. The third-order valence-electron chi connectivity index (χ3n) is 2.41. The summed E-state index contributed by atoms with van der Waals surface area (Å²) in [5.41, 5.74) is 0.354. The number of hydrogen-bond acceptors (Lipinski definition) is 4. The van der Waals surface area contributed by atoms with Crippen molar-refractivity contribution in [3.8, 4) is 5.88 Å². The van der Waals surface area contributed by atoms with Crippen molar-refractivity contribution in [3.05, 3.63) is 11.9 Å². The van der Waals surface area contributed by atoms with Crippen LogP contribution in [0.5, 0.6) is 5.88 Å². The summed E-state index contributed by atoms with van der Waals surface area (Å²) >= 11 is 0. The molecule has 4 nitrogen and oxygen atoms in total. The number of ether oxygens (including phenoxy) is 1. The molecule has 20 heavy (non-hydrogen) atoms. The van der Waals surface area contributed by atoms with Gasteiger partial charge in [0.05, 0.1) is 5.56 Å². The number of nitrogens with one attached hydrogen (secondary N) is 1. The van der Waals surface area contributed by atoms with Crippen molar-refractivity contribution in [3.63, 3.8) is 0 Å². The van der Waals surface area contributed by atoms with Gasteiger partial charge in [0.25, 0.3) is 0 Å². The Bertz CT molecular complexity index is 450. The van der Waals surface area contributed by atoms with Crippen molar-refractivity contribution < 1.29 is 26.7 Å². The molecule has 0 atom stereocenters. The summed E-state index contributed by atoms with van der Waals surface area (Å²) in [6, 6.07) is 0. The van der Waals surface area contributed by atoms with Crippen LogP contribution in [-0.2, 0) is 6.42 Å². The average molecular weight is 299 g/mol. The van der Waals surface area contributed by atoms with E-state index in [-0.39, 0.29) is 5.88 Å². The second kappa shape index (κ2) is 6.19. The van der Waals surface area contributed by atoms with E-state index >= 15 is 0 Å². The number of rotatable bonds is 6. The van der Waals surface area contributed by atoms with Gasteiger partial charge < -0.3 is 10.1 Å². The predicted octanol–water partition coefficient (Wildman–Crippen LogP) is 3.05. The Balaban J connectivity index is 2.91. The van der Waals surface area contributed by atoms with Crippen LogP contribution < -0.4 is 10.1 Å². The Kier molecular flexibility index (Phi) is 5.07. The molecule has 114 valence electrons. The number of alkyl halides is 5. The molecule has 1 aromatic heterocycles. The fraction of sp³-hybridized carbons (Fsp3) is 0.636. The Labute approximate surface area is 112 Å². The quantitative estimate of drug-likeness (QED) is 0.820. The van der Waals surface area contributed by atoms with Gasteiger partial charge in [0.15, 0.2) is 6.61 Å². The van der Waals surface area contributed by atoms with Gasteiger partial charge in [0, 0.05) is 6.54 Å². The lowest BCUT2D eigenvalue weighted by Gasteiger charge is -2.20. The third kappa shape index (κ3) is 3.67. The molecule has 0 fully saturated rings. The molecular formula is C11H14F5N3O. The molecule has 1 heterocycles. The molecule has 0 unspecified atom stereocenters. The molecular weight excluding hydrogens is 285 g/mol. The highest BCUT2D eigenvalue weighted by Gasteiger charge is 2.58. The second-order valence-electron chi connectivity index (χ2n) is 3.88. The van der Waals surface area contributed by atoms with Gasteiger partial charge in [-0.2, -0.15) is 22.0 Å². The minimum absolute atomic E-state index is 0.276. The van der Waals surface area contributed by atoms with Crippen molar-refractivity contribution in [2.45, 2.75) is 32.4 Å². The van der Waals surface area contributed by atoms with Crippen LogP contribution in [0.1, 0.15) is 19.4 Å². The first kappa shape index (κ1) is 16.4. The van der Waals surface area contributed by atoms with Gasteiger partial charge in [-0.25, -0.2) is 9.97 Å². The normalized spacial score (nSPS) is 12.3. The summed E-state index contributed by atoms with van der Waals surface area (Å²) in [6.45, 7) is 2.18. The fourth-order valence-electron chi connectivity index (χ4n) is 1.40. The van der Waals surface area contributed by atoms with Gasteiger partial charge in [0.1, 0.15) is 12.1 Å². The van der Waals surface area contributed by atoms with Crippen LogP contribution in [-0.4, -0.2) is 35.2 Å². The van der Waals surface area contributed by atoms with E-state index in [2.05, 4.69) is 20.0 Å². The first-order valence-electron chi connectivity index (χ1n) is 5.88. The van der Waals surface area contributed by atoms with Crippen LogP contribution in [0.2, 0.25) is 0 Å². The maximum absolute atomic E-state index is 12.8. The van der Waals surface area contributed by atoms with E-state index < -0.39 is 18.7 Å². The number of aromatic nitrogens is 2. The number of nitrogens with zero attached hydrogens (tertiary/aromatic N) is 2. The van der Waals surface area contributed by atoms with Crippen molar-refractivity contribution in [2.75, 3.05) is 18.5 Å². The summed E-state index contributed by atoms with van der Waals surface area (Å²) in [7, 11) is 0. The van der Waals surface area contributed by atoms with Crippen LogP contribution in [0.3, 0.4) is 0 Å². The van der Waals surface area contributed by atoms with E-state index in [1.807, 2.05) is 0 Å². The lowest BCUT2D eigenvalue weighted by atomic mass is 10.2. The van der Waals surface area contributed by atoms with Crippen molar-refractivity contribution in [2.24, 2.45) is 0 Å². The van der Waals surface area contributed by atoms with Crippen molar-refractivity contribution in [1.29, 1.82) is 0 Å². The zero-order chi connectivity index (χ0) is 15.4. The molecule has 1 aromatic rings. The Hall–Kier alpha value is -1.67. The highest BCUT2D eigenvalue weighted by Crippen LogP contribution is 2.36. The molecule has 0 radical (unpaired) electrons. The van der Waals surface area contributed by atoms with Gasteiger partial charge in [-0.05, 0) is 13.3 Å². The van der Waals surface area contributed by atoms with E-state index in [9.17, 15) is 22.0 Å². The minimum Gasteiger partial charge on any atom is -0.471 e. The zero-order valence-corrected chi connectivity index (χ0v) is 10.9. The Morgan fingerprint density at radius 1 is 1.15 bits per heavy atom. The third-order valence-corrected chi connectivity index (χ3v) is 2.41. The summed E-state index contributed by atoms with van der Waals surface area (Å²) < 4.78 is 66.3. The molecule has 0 aliphatic carbocycles. The van der Waals surface area contributed by atoms with Crippen LogP contribution >= 0.6 is 0 Å². The molecule has 0 saturated heterocycles. The van der Waals surface area contributed by atoms with Crippen LogP contribution in [0.25, 0.3) is 0 Å². The number of halogens is 5. The molecule has 0 aliphatic heterocycles. The van der Waals surface area contributed by atoms with E-state index in [1.54, 1.807) is 13.8 Å². The molecule has 0 aromatic carbocycles. The number of hydrogen-bond donors (Lipinski definition) is 1. The molecule has 0 bridgehead atoms. The van der Waals surface area contributed by atoms with E-state index in [4.69, 9.17) is 0 Å². The molecule has 0 saturated carbocycles. The van der Waals surface area contributed by atoms with Crippen molar-refractivity contribution in [1.82, 2.24) is 9.97 Å². The summed E-state index contributed by atoms with van der Waals surface area (Å²) in [6.07, 6.45) is -4.29. The van der Waals surface area contributed by atoms with Gasteiger partial charge in [-0.1, -0.05) is 6.92 Å². The Morgan fingerprint density at radius 2 is 1.80 bits per heavy atom. The standard InChI is InChI=1S/C11H14F5N3O/c1-3-7-8(17-4-2)18-6-19-9(7)20-5-10(12,13)11(14,15)16/h6H,3-5H2,1-2H3,(H,17,18,19). The maximum Gasteiger partial charge on any atom is 0.456 e. The smallest absolute Gasteiger partial charge is 0.456 e. The van der Waals surface area contributed by atoms with E-state index in [0.717, 1.165) is 6.33 Å². The highest BCUT2D eigenvalue weighted by molar-refractivity contribution is 5.48. The summed E-state index contributed by atoms with van der Waals surface area (Å²) in [5.74, 6) is -4.85. The second-order valence-corrected chi connectivity index (χ2v) is 3.88. The van der Waals surface area contributed by atoms with Gasteiger partial charge in [0.2, 0.25) is 5.88 Å². The maximum atomic E-state index is 12.8. The first-order valence-corrected chi connectivity index (χ1v) is 5.88. The number of anilines is 1. The van der Waals surface area contributed by atoms with Gasteiger partial charge >= 0.3 is 12.1 Å². The van der Waals surface area contributed by atoms with E-state index in [0.29, 0.717) is 24.3 Å². The minimum atomic E-state index is -5.66. The molecule has 9 heteroatoms. The topological polar surface area (TPSA) is 47.0 Å². The van der Waals surface area contributed by atoms with Crippen molar-refractivity contribution >= 4 is 5.82 Å². The largest absolute Gasteiger partial charge is 0.471 e. The van der Waals surface area contributed by atoms with Gasteiger partial charge in [-0.3, -0.25) is 0 Å². The Morgan fingerprint density at radius 3 is 2.30 bits per heavy atom. The van der Waals surface area contributed by atoms with E-state index in [1.165, 1.54) is 0 Å². The molecule has 1 rings (SSSR count). The molecule has 0 spiro atoms. The SMILES string of the molecule is CCNc1ncnc(OCC(F)(F)C(F)(F)F)c1CC. The summed E-state index contributed by atoms with van der Waals surface area (Å²) in [5, 5.41) is 2.85. The molecule has 1 N–H and O–H groups in total. The summed E-state index contributed by atoms with van der Waals surface area (Å²) in [4.78, 5) is 7.48. The first-order chi connectivity index (χ1) is 9.23. The highest BCUT2D eigenvalue weighted by atomic mass is 19.4. The van der Waals surface area contributed by atoms with Crippen LogP contribution in [0.15, 0.2) is 6.33 Å². The predicted molar refractivity (Wildman–Crippen MR) is 62.1 cm³/mol. The van der Waals surface area contributed by atoms with Crippen LogP contribution in [0.4, 0.5) is 27.8 Å². The fourth-order valence-corrected chi connectivity index (χ4v) is 1.40. The lowest BCUT2D eigenvalue weighted by molar-refractivity contribution is -0.290. The zero-order valence-electron chi connectivity index (χ0n) is 10.9. The van der Waals surface area contributed by atoms with Gasteiger partial charge in [-0.15, -0.1) is 0 Å². The average Bonchev–Trinajstić information content (AvgIpc) is 2.35.